The highest BCUT2D eigenvalue weighted by atomic mass is 35.5. The predicted octanol–water partition coefficient (Wildman–Crippen LogP) is 2.76. The van der Waals surface area contributed by atoms with Crippen molar-refractivity contribution in [2.45, 2.75) is 25.0 Å². The third kappa shape index (κ3) is 4.85. The average Bonchev–Trinajstić information content (AvgIpc) is 2.59. The molecule has 1 rings (SSSR count). The normalized spacial score (nSPS) is 14.1. The summed E-state index contributed by atoms with van der Waals surface area (Å²) in [6.07, 6.45) is -1.00. The minimum atomic E-state index is -4.28. The van der Waals surface area contributed by atoms with E-state index >= 15 is 0 Å². The lowest BCUT2D eigenvalue weighted by Crippen LogP contribution is -2.19. The third-order valence-corrected chi connectivity index (χ3v) is 2.09. The van der Waals surface area contributed by atoms with Gasteiger partial charge >= 0.3 is 6.18 Å². The van der Waals surface area contributed by atoms with Crippen LogP contribution in [0.3, 0.4) is 0 Å². The van der Waals surface area contributed by atoms with Crippen LogP contribution >= 0.6 is 11.6 Å². The fourth-order valence-corrected chi connectivity index (χ4v) is 1.17. The number of hydrogen-bond donors (Lipinski definition) is 0. The summed E-state index contributed by atoms with van der Waals surface area (Å²) < 4.78 is 41.1. The first kappa shape index (κ1) is 13.3. The van der Waals surface area contributed by atoms with Gasteiger partial charge in [-0.3, -0.25) is 4.68 Å². The summed E-state index contributed by atoms with van der Waals surface area (Å²) in [6.45, 7) is 0.813. The first-order chi connectivity index (χ1) is 7.38. The SMILES string of the molecule is CC(Cl)c1cnn(CCOCC(F)(F)F)c1. The Morgan fingerprint density at radius 1 is 1.56 bits per heavy atom. The van der Waals surface area contributed by atoms with Crippen molar-refractivity contribution in [1.29, 1.82) is 0 Å². The standard InChI is InChI=1S/C9H12ClF3N2O/c1-7(10)8-4-14-15(5-8)2-3-16-6-9(11,12)13/h4-5,7H,2-3,6H2,1H3. The van der Waals surface area contributed by atoms with E-state index in [0.717, 1.165) is 5.56 Å². The fourth-order valence-electron chi connectivity index (χ4n) is 1.05. The van der Waals surface area contributed by atoms with Crippen molar-refractivity contribution in [3.05, 3.63) is 18.0 Å². The second-order valence-corrected chi connectivity index (χ2v) is 3.98. The fraction of sp³-hybridized carbons (Fsp3) is 0.667. The summed E-state index contributed by atoms with van der Waals surface area (Å²) in [4.78, 5) is 0. The van der Waals surface area contributed by atoms with Crippen molar-refractivity contribution in [2.24, 2.45) is 0 Å². The van der Waals surface area contributed by atoms with E-state index in [9.17, 15) is 13.2 Å². The molecule has 16 heavy (non-hydrogen) atoms. The van der Waals surface area contributed by atoms with Crippen LogP contribution in [0.15, 0.2) is 12.4 Å². The van der Waals surface area contributed by atoms with Crippen LogP contribution in [0, 0.1) is 0 Å². The summed E-state index contributed by atoms with van der Waals surface area (Å²) in [6, 6.07) is 0. The van der Waals surface area contributed by atoms with E-state index in [4.69, 9.17) is 11.6 Å². The zero-order chi connectivity index (χ0) is 12.2. The Labute approximate surface area is 96.1 Å². The molecule has 0 radical (unpaired) electrons. The summed E-state index contributed by atoms with van der Waals surface area (Å²) in [5.74, 6) is 0. The van der Waals surface area contributed by atoms with E-state index in [0.29, 0.717) is 0 Å². The molecule has 92 valence electrons. The zero-order valence-electron chi connectivity index (χ0n) is 8.67. The quantitative estimate of drug-likeness (QED) is 0.598. The highest BCUT2D eigenvalue weighted by Crippen LogP contribution is 2.18. The third-order valence-electron chi connectivity index (χ3n) is 1.84. The van der Waals surface area contributed by atoms with Gasteiger partial charge < -0.3 is 4.74 Å². The highest BCUT2D eigenvalue weighted by Gasteiger charge is 2.27. The van der Waals surface area contributed by atoms with Crippen LogP contribution in [0.1, 0.15) is 17.9 Å². The molecule has 0 fully saturated rings. The Hall–Kier alpha value is -0.750. The Morgan fingerprint density at radius 3 is 2.75 bits per heavy atom. The molecule has 0 saturated carbocycles. The first-order valence-corrected chi connectivity index (χ1v) is 5.13. The van der Waals surface area contributed by atoms with Crippen molar-refractivity contribution >= 4 is 11.6 Å². The molecule has 0 N–H and O–H groups in total. The second kappa shape index (κ2) is 5.54. The van der Waals surface area contributed by atoms with E-state index in [1.807, 2.05) is 0 Å². The molecule has 0 aliphatic carbocycles. The Kier molecular flexibility index (Phi) is 4.61. The van der Waals surface area contributed by atoms with Gasteiger partial charge in [-0.15, -0.1) is 11.6 Å². The number of ether oxygens (including phenoxy) is 1. The largest absolute Gasteiger partial charge is 0.411 e. The first-order valence-electron chi connectivity index (χ1n) is 4.69. The van der Waals surface area contributed by atoms with E-state index < -0.39 is 12.8 Å². The molecule has 0 amide bonds. The molecule has 1 unspecified atom stereocenters. The maximum absolute atomic E-state index is 11.7. The zero-order valence-corrected chi connectivity index (χ0v) is 9.42. The van der Waals surface area contributed by atoms with Crippen LogP contribution in [0.25, 0.3) is 0 Å². The van der Waals surface area contributed by atoms with Gasteiger partial charge in [0.25, 0.3) is 0 Å². The van der Waals surface area contributed by atoms with Crippen LogP contribution in [-0.2, 0) is 11.3 Å². The van der Waals surface area contributed by atoms with Crippen LogP contribution in [0.5, 0.6) is 0 Å². The number of alkyl halides is 4. The minimum Gasteiger partial charge on any atom is -0.370 e. The number of rotatable bonds is 5. The lowest BCUT2D eigenvalue weighted by Gasteiger charge is -2.07. The van der Waals surface area contributed by atoms with Crippen molar-refractivity contribution in [3.8, 4) is 0 Å². The molecular formula is C9H12ClF3N2O. The van der Waals surface area contributed by atoms with Gasteiger partial charge in [0, 0.05) is 11.8 Å². The Balaban J connectivity index is 2.27. The maximum atomic E-state index is 11.7. The van der Waals surface area contributed by atoms with E-state index in [2.05, 4.69) is 9.84 Å². The summed E-state index contributed by atoms with van der Waals surface area (Å²) >= 11 is 5.80. The van der Waals surface area contributed by atoms with Gasteiger partial charge in [0.05, 0.1) is 24.7 Å². The van der Waals surface area contributed by atoms with Gasteiger partial charge in [-0.05, 0) is 6.92 Å². The van der Waals surface area contributed by atoms with Gasteiger partial charge in [0.2, 0.25) is 0 Å². The second-order valence-electron chi connectivity index (χ2n) is 3.32. The van der Waals surface area contributed by atoms with Crippen LogP contribution in [0.2, 0.25) is 0 Å². The molecule has 0 aromatic carbocycles. The van der Waals surface area contributed by atoms with E-state index in [-0.39, 0.29) is 18.5 Å². The summed E-state index contributed by atoms with van der Waals surface area (Å²) in [5.41, 5.74) is 0.831. The van der Waals surface area contributed by atoms with E-state index in [1.165, 1.54) is 4.68 Å². The van der Waals surface area contributed by atoms with Crippen LogP contribution in [0.4, 0.5) is 13.2 Å². The average molecular weight is 257 g/mol. The number of nitrogens with zero attached hydrogens (tertiary/aromatic N) is 2. The topological polar surface area (TPSA) is 27.1 Å². The molecule has 0 aliphatic rings. The molecule has 0 saturated heterocycles. The lowest BCUT2D eigenvalue weighted by atomic mass is 10.3. The Bertz CT molecular complexity index is 325. The molecule has 3 nitrogen and oxygen atoms in total. The maximum Gasteiger partial charge on any atom is 0.411 e. The van der Waals surface area contributed by atoms with Crippen molar-refractivity contribution in [1.82, 2.24) is 9.78 Å². The molecule has 0 aliphatic heterocycles. The van der Waals surface area contributed by atoms with Crippen molar-refractivity contribution in [3.63, 3.8) is 0 Å². The number of halogens is 4. The molecule has 0 spiro atoms. The molecular weight excluding hydrogens is 245 g/mol. The van der Waals surface area contributed by atoms with Crippen LogP contribution < -0.4 is 0 Å². The van der Waals surface area contributed by atoms with Crippen LogP contribution in [-0.4, -0.2) is 29.2 Å². The molecule has 1 aromatic rings. The summed E-state index contributed by atoms with van der Waals surface area (Å²) in [7, 11) is 0. The van der Waals surface area contributed by atoms with Gasteiger partial charge in [-0.1, -0.05) is 0 Å². The molecule has 1 heterocycles. The number of aromatic nitrogens is 2. The van der Waals surface area contributed by atoms with Crippen molar-refractivity contribution < 1.29 is 17.9 Å². The monoisotopic (exact) mass is 256 g/mol. The van der Waals surface area contributed by atoms with Gasteiger partial charge in [-0.25, -0.2) is 0 Å². The molecule has 7 heteroatoms. The lowest BCUT2D eigenvalue weighted by molar-refractivity contribution is -0.174. The highest BCUT2D eigenvalue weighted by molar-refractivity contribution is 6.20. The van der Waals surface area contributed by atoms with Gasteiger partial charge in [-0.2, -0.15) is 18.3 Å². The molecule has 0 bridgehead atoms. The molecule has 1 aromatic heterocycles. The Morgan fingerprint density at radius 2 is 2.25 bits per heavy atom. The van der Waals surface area contributed by atoms with Gasteiger partial charge in [0.1, 0.15) is 6.61 Å². The predicted molar refractivity (Wildman–Crippen MR) is 53.4 cm³/mol. The summed E-state index contributed by atoms with van der Waals surface area (Å²) in [5, 5.41) is 3.78. The van der Waals surface area contributed by atoms with Gasteiger partial charge in [0.15, 0.2) is 0 Å². The minimum absolute atomic E-state index is 0.0305. The number of hydrogen-bond acceptors (Lipinski definition) is 2. The smallest absolute Gasteiger partial charge is 0.370 e. The molecule has 1 atom stereocenters. The van der Waals surface area contributed by atoms with E-state index in [1.54, 1.807) is 19.3 Å². The van der Waals surface area contributed by atoms with Crippen molar-refractivity contribution in [2.75, 3.05) is 13.2 Å².